The van der Waals surface area contributed by atoms with Gasteiger partial charge in [-0.25, -0.2) is 0 Å². The molecule has 2 aromatic rings. The van der Waals surface area contributed by atoms with Crippen LogP contribution in [0.15, 0.2) is 30.6 Å². The Kier molecular flexibility index (Phi) is 3.78. The molecule has 1 amide bonds. The minimum Gasteiger partial charge on any atom is -0.338 e. The zero-order valence-corrected chi connectivity index (χ0v) is 12.6. The molecule has 0 aliphatic carbocycles. The van der Waals surface area contributed by atoms with E-state index < -0.39 is 0 Å². The minimum atomic E-state index is 0.148. The molecule has 0 saturated carbocycles. The number of benzene rings is 1. The third-order valence-corrected chi connectivity index (χ3v) is 4.17. The van der Waals surface area contributed by atoms with Gasteiger partial charge in [-0.2, -0.15) is 5.10 Å². The predicted octanol–water partition coefficient (Wildman–Crippen LogP) is 3.05. The summed E-state index contributed by atoms with van der Waals surface area (Å²) in [6, 6.07) is 6.06. The molecular weight excluding hydrogens is 262 g/mol. The monoisotopic (exact) mass is 283 g/mol. The Labute approximate surface area is 125 Å². The van der Waals surface area contributed by atoms with Crippen LogP contribution in [0.25, 0.3) is 0 Å². The summed E-state index contributed by atoms with van der Waals surface area (Å²) in [6.45, 7) is 5.70. The van der Waals surface area contributed by atoms with Crippen LogP contribution < -0.4 is 0 Å². The maximum absolute atomic E-state index is 12.7. The van der Waals surface area contributed by atoms with Crippen molar-refractivity contribution in [3.63, 3.8) is 0 Å². The number of amides is 1. The third kappa shape index (κ3) is 2.99. The van der Waals surface area contributed by atoms with Crippen LogP contribution in [-0.2, 0) is 0 Å². The largest absolute Gasteiger partial charge is 0.338 e. The molecule has 4 nitrogen and oxygen atoms in total. The van der Waals surface area contributed by atoms with E-state index in [1.807, 2.05) is 43.3 Å². The van der Waals surface area contributed by atoms with Crippen molar-refractivity contribution in [2.75, 3.05) is 13.1 Å². The number of piperidine rings is 1. The Hall–Kier alpha value is -2.10. The minimum absolute atomic E-state index is 0.148. The number of hydrogen-bond donors (Lipinski definition) is 1. The van der Waals surface area contributed by atoms with Crippen LogP contribution in [0.4, 0.5) is 0 Å². The second kappa shape index (κ2) is 5.72. The van der Waals surface area contributed by atoms with Crippen LogP contribution in [-0.4, -0.2) is 34.1 Å². The fourth-order valence-electron chi connectivity index (χ4n) is 3.20. The number of likely N-dealkylation sites (tertiary alicyclic amines) is 1. The van der Waals surface area contributed by atoms with Crippen molar-refractivity contribution in [1.29, 1.82) is 0 Å². The highest BCUT2D eigenvalue weighted by molar-refractivity contribution is 5.94. The van der Waals surface area contributed by atoms with Crippen LogP contribution in [0.2, 0.25) is 0 Å². The molecule has 21 heavy (non-hydrogen) atoms. The van der Waals surface area contributed by atoms with Crippen molar-refractivity contribution in [2.45, 2.75) is 32.6 Å². The lowest BCUT2D eigenvalue weighted by Crippen LogP contribution is -2.39. The number of aromatic nitrogens is 2. The van der Waals surface area contributed by atoms with E-state index in [4.69, 9.17) is 0 Å². The molecule has 1 aromatic carbocycles. The number of H-pyrrole nitrogens is 1. The lowest BCUT2D eigenvalue weighted by Gasteiger charge is -2.32. The number of rotatable bonds is 2. The number of nitrogens with one attached hydrogen (secondary N) is 1. The van der Waals surface area contributed by atoms with Gasteiger partial charge in [-0.3, -0.25) is 9.89 Å². The Morgan fingerprint density at radius 3 is 2.71 bits per heavy atom. The number of nitrogens with zero attached hydrogens (tertiary/aromatic N) is 2. The lowest BCUT2D eigenvalue weighted by molar-refractivity contribution is 0.0707. The molecule has 2 heterocycles. The summed E-state index contributed by atoms with van der Waals surface area (Å²) in [4.78, 5) is 14.7. The van der Waals surface area contributed by atoms with E-state index in [1.165, 1.54) is 5.56 Å². The highest BCUT2D eigenvalue weighted by Gasteiger charge is 2.26. The highest BCUT2D eigenvalue weighted by Crippen LogP contribution is 2.27. The first kappa shape index (κ1) is 13.9. The Balaban J connectivity index is 1.78. The molecule has 1 saturated heterocycles. The number of hydrogen-bond acceptors (Lipinski definition) is 2. The van der Waals surface area contributed by atoms with Crippen LogP contribution in [0.1, 0.15) is 45.8 Å². The number of carbonyl (C=O) groups is 1. The van der Waals surface area contributed by atoms with E-state index in [2.05, 4.69) is 16.3 Å². The number of carbonyl (C=O) groups excluding carboxylic acids is 1. The van der Waals surface area contributed by atoms with Gasteiger partial charge in [0.15, 0.2) is 0 Å². The third-order valence-electron chi connectivity index (χ3n) is 4.17. The molecular formula is C17H21N3O. The molecule has 3 rings (SSSR count). The second-order valence-corrected chi connectivity index (χ2v) is 6.00. The molecule has 1 aliphatic rings. The standard InChI is InChI=1S/C17H21N3O/c1-12-6-13(2)8-15(7-12)17(21)20-5-3-4-14(11-20)16-9-18-19-10-16/h6-10,14H,3-5,11H2,1-2H3,(H,18,19). The molecule has 1 atom stereocenters. The summed E-state index contributed by atoms with van der Waals surface area (Å²) in [5.41, 5.74) is 4.29. The first-order valence-electron chi connectivity index (χ1n) is 7.50. The smallest absolute Gasteiger partial charge is 0.253 e. The van der Waals surface area contributed by atoms with Gasteiger partial charge in [0.25, 0.3) is 5.91 Å². The summed E-state index contributed by atoms with van der Waals surface area (Å²) in [5.74, 6) is 0.544. The van der Waals surface area contributed by atoms with Crippen molar-refractivity contribution in [3.05, 3.63) is 52.8 Å². The van der Waals surface area contributed by atoms with Crippen molar-refractivity contribution >= 4 is 5.91 Å². The molecule has 4 heteroatoms. The van der Waals surface area contributed by atoms with Crippen molar-refractivity contribution < 1.29 is 4.79 Å². The summed E-state index contributed by atoms with van der Waals surface area (Å²) in [7, 11) is 0. The van der Waals surface area contributed by atoms with Gasteiger partial charge in [0.2, 0.25) is 0 Å². The van der Waals surface area contributed by atoms with E-state index in [-0.39, 0.29) is 5.91 Å². The molecule has 0 bridgehead atoms. The van der Waals surface area contributed by atoms with Gasteiger partial charge in [-0.05, 0) is 44.4 Å². The normalized spacial score (nSPS) is 18.8. The van der Waals surface area contributed by atoms with E-state index in [0.29, 0.717) is 5.92 Å². The van der Waals surface area contributed by atoms with Gasteiger partial charge in [0, 0.05) is 30.8 Å². The van der Waals surface area contributed by atoms with E-state index in [0.717, 1.165) is 42.6 Å². The predicted molar refractivity (Wildman–Crippen MR) is 82.4 cm³/mol. The zero-order chi connectivity index (χ0) is 14.8. The van der Waals surface area contributed by atoms with Gasteiger partial charge in [0.05, 0.1) is 6.20 Å². The van der Waals surface area contributed by atoms with Gasteiger partial charge in [-0.15, -0.1) is 0 Å². The van der Waals surface area contributed by atoms with Crippen molar-refractivity contribution in [2.24, 2.45) is 0 Å². The van der Waals surface area contributed by atoms with Crippen molar-refractivity contribution in [3.8, 4) is 0 Å². The summed E-state index contributed by atoms with van der Waals surface area (Å²) in [5, 5.41) is 6.88. The molecule has 110 valence electrons. The average molecular weight is 283 g/mol. The molecule has 1 unspecified atom stereocenters. The summed E-state index contributed by atoms with van der Waals surface area (Å²) >= 11 is 0. The topological polar surface area (TPSA) is 49.0 Å². The lowest BCUT2D eigenvalue weighted by atomic mass is 9.92. The molecule has 0 spiro atoms. The maximum atomic E-state index is 12.7. The average Bonchev–Trinajstić information content (AvgIpc) is 3.00. The Morgan fingerprint density at radius 2 is 2.05 bits per heavy atom. The molecule has 1 aromatic heterocycles. The molecule has 1 aliphatic heterocycles. The number of aromatic amines is 1. The van der Waals surface area contributed by atoms with Crippen molar-refractivity contribution in [1.82, 2.24) is 15.1 Å². The second-order valence-electron chi connectivity index (χ2n) is 6.00. The fourth-order valence-corrected chi connectivity index (χ4v) is 3.20. The maximum Gasteiger partial charge on any atom is 0.253 e. The molecule has 1 fully saturated rings. The van der Waals surface area contributed by atoms with Gasteiger partial charge in [-0.1, -0.05) is 17.2 Å². The molecule has 0 radical (unpaired) electrons. The Bertz CT molecular complexity index is 613. The SMILES string of the molecule is Cc1cc(C)cc(C(=O)N2CCCC(c3cn[nH]c3)C2)c1. The van der Waals surface area contributed by atoms with Crippen LogP contribution in [0.3, 0.4) is 0 Å². The first-order valence-corrected chi connectivity index (χ1v) is 7.50. The van der Waals surface area contributed by atoms with Crippen LogP contribution in [0, 0.1) is 13.8 Å². The number of aryl methyl sites for hydroxylation is 2. The first-order chi connectivity index (χ1) is 10.1. The van der Waals surface area contributed by atoms with Gasteiger partial charge < -0.3 is 4.90 Å². The van der Waals surface area contributed by atoms with E-state index in [9.17, 15) is 4.79 Å². The van der Waals surface area contributed by atoms with E-state index >= 15 is 0 Å². The van der Waals surface area contributed by atoms with E-state index in [1.54, 1.807) is 0 Å². The quantitative estimate of drug-likeness (QED) is 0.921. The van der Waals surface area contributed by atoms with Crippen LogP contribution >= 0.6 is 0 Å². The Morgan fingerprint density at radius 1 is 1.29 bits per heavy atom. The van der Waals surface area contributed by atoms with Gasteiger partial charge in [0.1, 0.15) is 0 Å². The summed E-state index contributed by atoms with van der Waals surface area (Å²) in [6.07, 6.45) is 5.98. The summed E-state index contributed by atoms with van der Waals surface area (Å²) < 4.78 is 0. The van der Waals surface area contributed by atoms with Gasteiger partial charge >= 0.3 is 0 Å². The molecule has 1 N–H and O–H groups in total. The van der Waals surface area contributed by atoms with Crippen LogP contribution in [0.5, 0.6) is 0 Å². The highest BCUT2D eigenvalue weighted by atomic mass is 16.2. The fraction of sp³-hybridized carbons (Fsp3) is 0.412. The zero-order valence-electron chi connectivity index (χ0n) is 12.6.